The Morgan fingerprint density at radius 1 is 1.28 bits per heavy atom. The molecule has 0 aliphatic carbocycles. The molecule has 1 N–H and O–H groups in total. The summed E-state index contributed by atoms with van der Waals surface area (Å²) < 4.78 is 2.04. The lowest BCUT2D eigenvalue weighted by atomic mass is 10.1. The van der Waals surface area contributed by atoms with Crippen LogP contribution >= 0.6 is 12.4 Å². The van der Waals surface area contributed by atoms with Crippen molar-refractivity contribution in [1.29, 1.82) is 0 Å². The van der Waals surface area contributed by atoms with Gasteiger partial charge in [-0.15, -0.1) is 22.6 Å². The average Bonchev–Trinajstić information content (AvgIpc) is 2.72. The SMILES string of the molecule is CCCC(C)NC(C)c1nnc2ccccn12.Cl. The van der Waals surface area contributed by atoms with Crippen molar-refractivity contribution in [3.05, 3.63) is 30.2 Å². The summed E-state index contributed by atoms with van der Waals surface area (Å²) in [7, 11) is 0. The second-order valence-corrected chi connectivity index (χ2v) is 4.57. The van der Waals surface area contributed by atoms with Crippen molar-refractivity contribution in [3.8, 4) is 0 Å². The fourth-order valence-electron chi connectivity index (χ4n) is 2.17. The third-order valence-corrected chi connectivity index (χ3v) is 2.98. The Morgan fingerprint density at radius 2 is 2.06 bits per heavy atom. The van der Waals surface area contributed by atoms with E-state index in [0.717, 1.165) is 11.5 Å². The van der Waals surface area contributed by atoms with Gasteiger partial charge in [-0.3, -0.25) is 4.40 Å². The topological polar surface area (TPSA) is 42.2 Å². The first-order chi connectivity index (χ1) is 8.22. The summed E-state index contributed by atoms with van der Waals surface area (Å²) >= 11 is 0. The molecule has 0 aliphatic rings. The zero-order valence-corrected chi connectivity index (χ0v) is 11.9. The molecule has 0 saturated carbocycles. The van der Waals surface area contributed by atoms with Crippen molar-refractivity contribution in [2.24, 2.45) is 0 Å². The van der Waals surface area contributed by atoms with E-state index in [1.807, 2.05) is 28.8 Å². The molecule has 2 atom stereocenters. The molecule has 0 aliphatic heterocycles. The Balaban J connectivity index is 0.00000162. The van der Waals surface area contributed by atoms with Gasteiger partial charge in [0.2, 0.25) is 0 Å². The van der Waals surface area contributed by atoms with Crippen LogP contribution in [0.2, 0.25) is 0 Å². The van der Waals surface area contributed by atoms with Gasteiger partial charge >= 0.3 is 0 Å². The molecule has 100 valence electrons. The summed E-state index contributed by atoms with van der Waals surface area (Å²) in [5.41, 5.74) is 0.902. The molecule has 0 aromatic carbocycles. The summed E-state index contributed by atoms with van der Waals surface area (Å²) in [4.78, 5) is 0. The van der Waals surface area contributed by atoms with Crippen LogP contribution in [0.15, 0.2) is 24.4 Å². The van der Waals surface area contributed by atoms with E-state index in [1.165, 1.54) is 12.8 Å². The van der Waals surface area contributed by atoms with E-state index >= 15 is 0 Å². The van der Waals surface area contributed by atoms with Gasteiger partial charge in [0, 0.05) is 12.2 Å². The standard InChI is InChI=1S/C13H20N4.ClH/c1-4-7-10(2)14-11(3)13-16-15-12-8-5-6-9-17(12)13;/h5-6,8-11,14H,4,7H2,1-3H3;1H. The fraction of sp³-hybridized carbons (Fsp3) is 0.538. The van der Waals surface area contributed by atoms with Crippen molar-refractivity contribution in [3.63, 3.8) is 0 Å². The number of nitrogens with one attached hydrogen (secondary N) is 1. The van der Waals surface area contributed by atoms with E-state index in [-0.39, 0.29) is 18.4 Å². The summed E-state index contributed by atoms with van der Waals surface area (Å²) in [5, 5.41) is 12.0. The molecular weight excluding hydrogens is 248 g/mol. The molecule has 0 spiro atoms. The molecule has 0 bridgehead atoms. The fourth-order valence-corrected chi connectivity index (χ4v) is 2.17. The molecule has 18 heavy (non-hydrogen) atoms. The largest absolute Gasteiger partial charge is 0.305 e. The van der Waals surface area contributed by atoms with Crippen molar-refractivity contribution in [2.75, 3.05) is 0 Å². The third kappa shape index (κ3) is 3.21. The average molecular weight is 269 g/mol. The maximum atomic E-state index is 4.26. The van der Waals surface area contributed by atoms with E-state index in [9.17, 15) is 0 Å². The molecule has 4 nitrogen and oxygen atoms in total. The minimum Gasteiger partial charge on any atom is -0.305 e. The van der Waals surface area contributed by atoms with Crippen LogP contribution in [0, 0.1) is 0 Å². The molecule has 0 fully saturated rings. The van der Waals surface area contributed by atoms with Gasteiger partial charge in [-0.2, -0.15) is 0 Å². The molecule has 2 unspecified atom stereocenters. The van der Waals surface area contributed by atoms with Crippen molar-refractivity contribution in [2.45, 2.75) is 45.7 Å². The lowest BCUT2D eigenvalue weighted by molar-refractivity contribution is 0.438. The van der Waals surface area contributed by atoms with Crippen molar-refractivity contribution in [1.82, 2.24) is 19.9 Å². The Morgan fingerprint density at radius 3 is 2.78 bits per heavy atom. The molecule has 0 amide bonds. The van der Waals surface area contributed by atoms with E-state index < -0.39 is 0 Å². The minimum atomic E-state index is 0. The number of fused-ring (bicyclic) bond motifs is 1. The predicted molar refractivity (Wildman–Crippen MR) is 76.2 cm³/mol. The lowest BCUT2D eigenvalue weighted by Gasteiger charge is -2.18. The number of nitrogens with zero attached hydrogens (tertiary/aromatic N) is 3. The van der Waals surface area contributed by atoms with E-state index in [2.05, 4.69) is 36.3 Å². The zero-order chi connectivity index (χ0) is 12.3. The Kier molecular flexibility index (Phi) is 5.56. The highest BCUT2D eigenvalue weighted by Crippen LogP contribution is 2.13. The van der Waals surface area contributed by atoms with Crippen LogP contribution in [0.3, 0.4) is 0 Å². The van der Waals surface area contributed by atoms with Crippen LogP contribution in [-0.2, 0) is 0 Å². The molecule has 2 aromatic rings. The van der Waals surface area contributed by atoms with Gasteiger partial charge in [0.05, 0.1) is 6.04 Å². The van der Waals surface area contributed by atoms with Crippen molar-refractivity contribution >= 4 is 18.1 Å². The van der Waals surface area contributed by atoms with Crippen molar-refractivity contribution < 1.29 is 0 Å². The number of hydrogen-bond donors (Lipinski definition) is 1. The highest BCUT2D eigenvalue weighted by Gasteiger charge is 2.14. The first kappa shape index (κ1) is 14.9. The summed E-state index contributed by atoms with van der Waals surface area (Å²) in [6.07, 6.45) is 4.38. The molecular formula is C13H21ClN4. The smallest absolute Gasteiger partial charge is 0.160 e. The highest BCUT2D eigenvalue weighted by molar-refractivity contribution is 5.85. The molecule has 2 rings (SSSR count). The highest BCUT2D eigenvalue weighted by atomic mass is 35.5. The van der Waals surface area contributed by atoms with Gasteiger partial charge in [-0.25, -0.2) is 0 Å². The lowest BCUT2D eigenvalue weighted by Crippen LogP contribution is -2.29. The van der Waals surface area contributed by atoms with Gasteiger partial charge in [-0.1, -0.05) is 19.4 Å². The van der Waals surface area contributed by atoms with Gasteiger partial charge in [0.25, 0.3) is 0 Å². The minimum absolute atomic E-state index is 0. The summed E-state index contributed by atoms with van der Waals surface area (Å²) in [6.45, 7) is 6.55. The van der Waals surface area contributed by atoms with Crippen LogP contribution in [0.25, 0.3) is 5.65 Å². The van der Waals surface area contributed by atoms with Crippen LogP contribution in [0.4, 0.5) is 0 Å². The first-order valence-corrected chi connectivity index (χ1v) is 6.28. The number of rotatable bonds is 5. The monoisotopic (exact) mass is 268 g/mol. The number of pyridine rings is 1. The van der Waals surface area contributed by atoms with E-state index in [1.54, 1.807) is 0 Å². The Bertz CT molecular complexity index is 483. The second kappa shape index (κ2) is 6.71. The molecule has 2 aromatic heterocycles. The number of hydrogen-bond acceptors (Lipinski definition) is 3. The van der Waals surface area contributed by atoms with E-state index in [0.29, 0.717) is 6.04 Å². The Labute approximate surface area is 114 Å². The van der Waals surface area contributed by atoms with Crippen LogP contribution in [0.5, 0.6) is 0 Å². The maximum Gasteiger partial charge on any atom is 0.160 e. The summed E-state index contributed by atoms with van der Waals surface area (Å²) in [5.74, 6) is 0.976. The summed E-state index contributed by atoms with van der Waals surface area (Å²) in [6, 6.07) is 6.67. The first-order valence-electron chi connectivity index (χ1n) is 6.28. The van der Waals surface area contributed by atoms with Gasteiger partial charge in [-0.05, 0) is 32.4 Å². The zero-order valence-electron chi connectivity index (χ0n) is 11.1. The predicted octanol–water partition coefficient (Wildman–Crippen LogP) is 2.99. The quantitative estimate of drug-likeness (QED) is 0.907. The molecule has 0 radical (unpaired) electrons. The van der Waals surface area contributed by atoms with Gasteiger partial charge in [0.1, 0.15) is 0 Å². The molecule has 2 heterocycles. The van der Waals surface area contributed by atoms with Gasteiger partial charge < -0.3 is 5.32 Å². The van der Waals surface area contributed by atoms with Crippen LogP contribution in [-0.4, -0.2) is 20.6 Å². The Hall–Kier alpha value is -1.13. The van der Waals surface area contributed by atoms with Gasteiger partial charge in [0.15, 0.2) is 11.5 Å². The number of aromatic nitrogens is 3. The molecule has 0 saturated heterocycles. The maximum absolute atomic E-state index is 4.26. The second-order valence-electron chi connectivity index (χ2n) is 4.57. The molecule has 5 heteroatoms. The number of halogens is 1. The third-order valence-electron chi connectivity index (χ3n) is 2.98. The van der Waals surface area contributed by atoms with Crippen LogP contribution in [0.1, 0.15) is 45.5 Å². The van der Waals surface area contributed by atoms with E-state index in [4.69, 9.17) is 0 Å². The normalized spacial score (nSPS) is 14.2. The van der Waals surface area contributed by atoms with Crippen LogP contribution < -0.4 is 5.32 Å².